The Hall–Kier alpha value is -1.03. The molecule has 1 heteroatoms. The summed E-state index contributed by atoms with van der Waals surface area (Å²) in [5, 5.41) is 8.22. The fourth-order valence-electron chi connectivity index (χ4n) is 1.18. The summed E-state index contributed by atoms with van der Waals surface area (Å²) in [6.45, 7) is 2.06. The first-order chi connectivity index (χ1) is 6.41. The maximum atomic E-state index is 8.22. The molecule has 0 aliphatic rings. The highest BCUT2D eigenvalue weighted by molar-refractivity contribution is 5.01. The Morgan fingerprint density at radius 3 is 2.15 bits per heavy atom. The topological polar surface area (TPSA) is 23.8 Å². The minimum Gasteiger partial charge on any atom is -0.193 e. The summed E-state index contributed by atoms with van der Waals surface area (Å²) < 4.78 is 0. The molecular formula is C12H19N. The summed E-state index contributed by atoms with van der Waals surface area (Å²) in [6, 6.07) is 2.00. The van der Waals surface area contributed by atoms with Gasteiger partial charge in [-0.25, -0.2) is 0 Å². The van der Waals surface area contributed by atoms with Crippen LogP contribution in [-0.2, 0) is 0 Å². The van der Waals surface area contributed by atoms with E-state index < -0.39 is 0 Å². The van der Waals surface area contributed by atoms with Crippen molar-refractivity contribution in [1.29, 1.82) is 5.26 Å². The molecule has 0 aromatic heterocycles. The second kappa shape index (κ2) is 11.0. The van der Waals surface area contributed by atoms with Crippen molar-refractivity contribution in [2.45, 2.75) is 45.4 Å². The van der Waals surface area contributed by atoms with Crippen LogP contribution < -0.4 is 0 Å². The van der Waals surface area contributed by atoms with Gasteiger partial charge in [0, 0.05) is 6.08 Å². The maximum Gasteiger partial charge on any atom is 0.0908 e. The lowest BCUT2D eigenvalue weighted by atomic mass is 10.1. The number of hydrogen-bond acceptors (Lipinski definition) is 1. The standard InChI is InChI=1S/C12H19N/c1-2-3-4-5-6-7-8-9-10-11-12-13/h2-3,10-11H,4-9H2,1H3/b3-2+,11-10-. The first-order valence-corrected chi connectivity index (χ1v) is 5.07. The largest absolute Gasteiger partial charge is 0.193 e. The molecule has 0 bridgehead atoms. The van der Waals surface area contributed by atoms with Crippen molar-refractivity contribution in [3.05, 3.63) is 24.3 Å². The quantitative estimate of drug-likeness (QED) is 0.328. The number of rotatable bonds is 7. The SMILES string of the molecule is C/C=C/CCCCCC/C=C\C#N. The third kappa shape index (κ3) is 11.0. The Morgan fingerprint density at radius 1 is 1.00 bits per heavy atom. The molecular weight excluding hydrogens is 158 g/mol. The van der Waals surface area contributed by atoms with Gasteiger partial charge in [-0.1, -0.05) is 31.1 Å². The van der Waals surface area contributed by atoms with E-state index in [1.807, 2.05) is 12.1 Å². The van der Waals surface area contributed by atoms with Crippen LogP contribution in [0.3, 0.4) is 0 Å². The van der Waals surface area contributed by atoms with Gasteiger partial charge in [0.15, 0.2) is 0 Å². The predicted molar refractivity (Wildman–Crippen MR) is 57.3 cm³/mol. The van der Waals surface area contributed by atoms with Gasteiger partial charge in [0.25, 0.3) is 0 Å². The van der Waals surface area contributed by atoms with Gasteiger partial charge in [0.05, 0.1) is 6.07 Å². The molecule has 0 aromatic rings. The van der Waals surface area contributed by atoms with Gasteiger partial charge >= 0.3 is 0 Å². The Labute approximate surface area is 81.8 Å². The van der Waals surface area contributed by atoms with Crippen LogP contribution in [0, 0.1) is 11.3 Å². The van der Waals surface area contributed by atoms with Crippen LogP contribution in [0.15, 0.2) is 24.3 Å². The molecule has 0 N–H and O–H groups in total. The van der Waals surface area contributed by atoms with E-state index in [1.165, 1.54) is 32.1 Å². The molecule has 0 fully saturated rings. The fraction of sp³-hybridized carbons (Fsp3) is 0.583. The van der Waals surface area contributed by atoms with E-state index in [1.54, 1.807) is 6.08 Å². The molecule has 0 atom stereocenters. The molecule has 0 rings (SSSR count). The zero-order valence-corrected chi connectivity index (χ0v) is 8.50. The summed E-state index contributed by atoms with van der Waals surface area (Å²) in [6.07, 6.45) is 15.2. The van der Waals surface area contributed by atoms with Crippen molar-refractivity contribution < 1.29 is 0 Å². The molecule has 0 aromatic carbocycles. The molecule has 0 aliphatic carbocycles. The van der Waals surface area contributed by atoms with E-state index in [0.29, 0.717) is 0 Å². The highest BCUT2D eigenvalue weighted by Gasteiger charge is 1.86. The van der Waals surface area contributed by atoms with Gasteiger partial charge in [-0.3, -0.25) is 0 Å². The van der Waals surface area contributed by atoms with Gasteiger partial charge < -0.3 is 0 Å². The molecule has 0 aliphatic heterocycles. The molecule has 0 amide bonds. The van der Waals surface area contributed by atoms with Crippen molar-refractivity contribution in [2.24, 2.45) is 0 Å². The highest BCUT2D eigenvalue weighted by atomic mass is 14.2. The number of allylic oxidation sites excluding steroid dienone is 4. The van der Waals surface area contributed by atoms with Crippen molar-refractivity contribution in [1.82, 2.24) is 0 Å². The third-order valence-electron chi connectivity index (χ3n) is 1.92. The van der Waals surface area contributed by atoms with E-state index in [-0.39, 0.29) is 0 Å². The molecule has 0 saturated heterocycles. The Balaban J connectivity index is 3.00. The number of unbranched alkanes of at least 4 members (excludes halogenated alkanes) is 5. The fourth-order valence-corrected chi connectivity index (χ4v) is 1.18. The summed E-state index contributed by atoms with van der Waals surface area (Å²) in [5.41, 5.74) is 0. The van der Waals surface area contributed by atoms with Crippen LogP contribution in [0.25, 0.3) is 0 Å². The Morgan fingerprint density at radius 2 is 1.62 bits per heavy atom. The van der Waals surface area contributed by atoms with Gasteiger partial charge in [-0.05, 0) is 32.6 Å². The van der Waals surface area contributed by atoms with E-state index in [9.17, 15) is 0 Å². The van der Waals surface area contributed by atoms with Gasteiger partial charge in [-0.2, -0.15) is 5.26 Å². The Kier molecular flexibility index (Phi) is 10.1. The molecule has 0 unspecified atom stereocenters. The van der Waals surface area contributed by atoms with E-state index in [2.05, 4.69) is 19.1 Å². The van der Waals surface area contributed by atoms with Crippen LogP contribution in [0.5, 0.6) is 0 Å². The lowest BCUT2D eigenvalue weighted by Crippen LogP contribution is -1.76. The van der Waals surface area contributed by atoms with E-state index in [4.69, 9.17) is 5.26 Å². The van der Waals surface area contributed by atoms with Crippen molar-refractivity contribution in [2.75, 3.05) is 0 Å². The van der Waals surface area contributed by atoms with E-state index in [0.717, 1.165) is 6.42 Å². The summed E-state index contributed by atoms with van der Waals surface area (Å²) >= 11 is 0. The van der Waals surface area contributed by atoms with Crippen LogP contribution in [0.4, 0.5) is 0 Å². The lowest BCUT2D eigenvalue weighted by molar-refractivity contribution is 0.652. The van der Waals surface area contributed by atoms with Crippen LogP contribution in [0.2, 0.25) is 0 Å². The zero-order chi connectivity index (χ0) is 9.78. The monoisotopic (exact) mass is 177 g/mol. The summed E-state index contributed by atoms with van der Waals surface area (Å²) in [5.74, 6) is 0. The predicted octanol–water partition coefficient (Wildman–Crippen LogP) is 3.98. The molecule has 0 spiro atoms. The van der Waals surface area contributed by atoms with Crippen molar-refractivity contribution >= 4 is 0 Å². The minimum atomic E-state index is 1.05. The summed E-state index contributed by atoms with van der Waals surface area (Å²) in [7, 11) is 0. The normalized spacial score (nSPS) is 11.1. The number of hydrogen-bond donors (Lipinski definition) is 0. The van der Waals surface area contributed by atoms with Crippen LogP contribution >= 0.6 is 0 Å². The average Bonchev–Trinajstić information content (AvgIpc) is 2.16. The van der Waals surface area contributed by atoms with Gasteiger partial charge in [0.2, 0.25) is 0 Å². The number of nitriles is 1. The third-order valence-corrected chi connectivity index (χ3v) is 1.92. The smallest absolute Gasteiger partial charge is 0.0908 e. The van der Waals surface area contributed by atoms with E-state index >= 15 is 0 Å². The average molecular weight is 177 g/mol. The van der Waals surface area contributed by atoms with Crippen molar-refractivity contribution in [3.63, 3.8) is 0 Å². The first-order valence-electron chi connectivity index (χ1n) is 5.07. The molecule has 0 saturated carbocycles. The minimum absolute atomic E-state index is 1.05. The molecule has 1 nitrogen and oxygen atoms in total. The molecule has 0 radical (unpaired) electrons. The number of nitrogens with zero attached hydrogens (tertiary/aromatic N) is 1. The maximum absolute atomic E-state index is 8.22. The van der Waals surface area contributed by atoms with Gasteiger partial charge in [0.1, 0.15) is 0 Å². The Bertz CT molecular complexity index is 184. The molecule has 72 valence electrons. The summed E-state index contributed by atoms with van der Waals surface area (Å²) in [4.78, 5) is 0. The zero-order valence-electron chi connectivity index (χ0n) is 8.50. The second-order valence-corrected chi connectivity index (χ2v) is 3.09. The van der Waals surface area contributed by atoms with Gasteiger partial charge in [-0.15, -0.1) is 0 Å². The lowest BCUT2D eigenvalue weighted by Gasteiger charge is -1.95. The van der Waals surface area contributed by atoms with Crippen molar-refractivity contribution in [3.8, 4) is 6.07 Å². The van der Waals surface area contributed by atoms with Crippen LogP contribution in [-0.4, -0.2) is 0 Å². The molecule has 0 heterocycles. The second-order valence-electron chi connectivity index (χ2n) is 3.09. The highest BCUT2D eigenvalue weighted by Crippen LogP contribution is 2.06. The molecule has 13 heavy (non-hydrogen) atoms. The first kappa shape index (κ1) is 12.0. The van der Waals surface area contributed by atoms with Crippen LogP contribution in [0.1, 0.15) is 45.4 Å².